The maximum absolute atomic E-state index is 6.40. The summed E-state index contributed by atoms with van der Waals surface area (Å²) in [6.07, 6.45) is 12.9. The van der Waals surface area contributed by atoms with E-state index in [9.17, 15) is 0 Å². The summed E-state index contributed by atoms with van der Waals surface area (Å²) in [5, 5.41) is -2.14. The molecule has 0 atom stereocenters. The van der Waals surface area contributed by atoms with E-state index in [2.05, 4.69) is 25.7 Å². The van der Waals surface area contributed by atoms with Crippen LogP contribution in [0.2, 0.25) is 5.21 Å². The van der Waals surface area contributed by atoms with Crippen LogP contribution in [0.25, 0.3) is 0 Å². The fourth-order valence-corrected chi connectivity index (χ4v) is 3.91. The Bertz CT molecular complexity index is 332. The second-order valence-electron chi connectivity index (χ2n) is 7.89. The average molecular weight is 307 g/mol. The van der Waals surface area contributed by atoms with Crippen LogP contribution in [0.3, 0.4) is 0 Å². The van der Waals surface area contributed by atoms with Gasteiger partial charge >= 0.3 is 0 Å². The topological polar surface area (TPSA) is 3.24 Å². The summed E-state index contributed by atoms with van der Waals surface area (Å²) in [6.45, 7) is 7.58. The summed E-state index contributed by atoms with van der Waals surface area (Å²) in [5.74, 6) is 0. The fourth-order valence-electron chi connectivity index (χ4n) is 3.91. The minimum atomic E-state index is -1.13. The molecule has 0 unspecified atom stereocenters. The quantitative estimate of drug-likeness (QED) is 0.414. The molecule has 122 valence electrons. The van der Waals surface area contributed by atoms with Crippen LogP contribution < -0.4 is 0 Å². The Morgan fingerprint density at radius 3 is 1.65 bits per heavy atom. The lowest BCUT2D eigenvalue weighted by molar-refractivity contribution is 0.0775. The summed E-state index contributed by atoms with van der Waals surface area (Å²) in [7, 11) is 25.2. The van der Waals surface area contributed by atoms with Crippen molar-refractivity contribution in [2.45, 2.75) is 107 Å². The fraction of sp³-hybridized carbons (Fsp3) is 1.00. The van der Waals surface area contributed by atoms with Crippen LogP contribution >= 0.6 is 0 Å². The van der Waals surface area contributed by atoms with E-state index >= 15 is 0 Å². The zero-order valence-electron chi connectivity index (χ0n) is 15.7. The first kappa shape index (κ1) is 21.3. The Balaban J connectivity index is 2.77. The number of hydrogen-bond acceptors (Lipinski definition) is 1. The maximum Gasteiger partial charge on any atom is 0.0812 e. The second kappa shape index (κ2) is 9.07. The monoisotopic (exact) mass is 307 g/mol. The van der Waals surface area contributed by atoms with E-state index in [0.717, 1.165) is 19.4 Å². The third-order valence-corrected chi connectivity index (χ3v) is 5.73. The van der Waals surface area contributed by atoms with E-state index in [1.165, 1.54) is 51.4 Å². The van der Waals surface area contributed by atoms with Crippen molar-refractivity contribution in [2.24, 2.45) is 0 Å². The predicted molar refractivity (Wildman–Crippen MR) is 106 cm³/mol. The highest BCUT2D eigenvalue weighted by Gasteiger charge is 2.50. The highest BCUT2D eigenvalue weighted by atomic mass is 15.3. The normalized spacial score (nSPS) is 20.8. The van der Waals surface area contributed by atoms with Crippen LogP contribution in [0.4, 0.5) is 0 Å². The van der Waals surface area contributed by atoms with Gasteiger partial charge in [0.2, 0.25) is 0 Å². The molecule has 0 N–H and O–H groups in total. The van der Waals surface area contributed by atoms with Gasteiger partial charge in [0.25, 0.3) is 0 Å². The molecule has 0 saturated carbocycles. The van der Waals surface area contributed by atoms with Crippen LogP contribution in [0, 0.1) is 0 Å². The number of nitrogens with zero attached hydrogens (tertiary/aromatic N) is 1. The Kier molecular flexibility index (Phi) is 8.38. The highest BCUT2D eigenvalue weighted by molar-refractivity contribution is 6.54. The van der Waals surface area contributed by atoms with Crippen molar-refractivity contribution in [1.82, 2.24) is 4.90 Å². The Labute approximate surface area is 150 Å². The number of likely N-dealkylation sites (tertiary alicyclic amines) is 1. The molecule has 1 aliphatic rings. The molecule has 1 nitrogen and oxygen atoms in total. The standard InChI is InChI=1S/C18H33B4N/c1-4-6-8-10-12-16(3,13-11-9-7-5-2)23-15-14-17(19,20)18(23,21)22/h4-15H2,1-3H3. The van der Waals surface area contributed by atoms with Crippen LogP contribution in [0.5, 0.6) is 0 Å². The van der Waals surface area contributed by atoms with Crippen molar-refractivity contribution in [2.75, 3.05) is 6.54 Å². The first-order valence-electron chi connectivity index (χ1n) is 9.64. The zero-order chi connectivity index (χ0) is 17.6. The average Bonchev–Trinajstić information content (AvgIpc) is 2.69. The van der Waals surface area contributed by atoms with Crippen molar-refractivity contribution in [3.63, 3.8) is 0 Å². The minimum absolute atomic E-state index is 0.00846. The van der Waals surface area contributed by atoms with Gasteiger partial charge < -0.3 is 4.90 Å². The molecule has 1 heterocycles. The summed E-state index contributed by atoms with van der Waals surface area (Å²) in [5.41, 5.74) is -0.00846. The van der Waals surface area contributed by atoms with Crippen molar-refractivity contribution in [3.05, 3.63) is 0 Å². The minimum Gasteiger partial charge on any atom is -0.310 e. The van der Waals surface area contributed by atoms with E-state index in [1.54, 1.807) is 0 Å². The van der Waals surface area contributed by atoms with E-state index in [-0.39, 0.29) is 5.54 Å². The molecule has 1 fully saturated rings. The maximum atomic E-state index is 6.40. The summed E-state index contributed by atoms with van der Waals surface area (Å²) >= 11 is 0. The number of unbranched alkanes of at least 4 members (excludes halogenated alkanes) is 6. The van der Waals surface area contributed by atoms with E-state index in [1.807, 2.05) is 0 Å². The van der Waals surface area contributed by atoms with Crippen LogP contribution in [0.15, 0.2) is 0 Å². The van der Waals surface area contributed by atoms with Gasteiger partial charge in [-0.05, 0) is 32.7 Å². The van der Waals surface area contributed by atoms with Crippen LogP contribution in [-0.2, 0) is 0 Å². The summed E-state index contributed by atoms with van der Waals surface area (Å²) in [4.78, 5) is 2.21. The van der Waals surface area contributed by atoms with Gasteiger partial charge in [-0.25, -0.2) is 0 Å². The molecular formula is C18H33B4N. The van der Waals surface area contributed by atoms with Gasteiger partial charge in [-0.2, -0.15) is 0 Å². The first-order chi connectivity index (χ1) is 10.7. The van der Waals surface area contributed by atoms with Crippen molar-refractivity contribution in [1.29, 1.82) is 0 Å². The molecule has 0 aromatic heterocycles. The Morgan fingerprint density at radius 1 is 0.826 bits per heavy atom. The van der Waals surface area contributed by atoms with E-state index < -0.39 is 10.6 Å². The number of rotatable bonds is 11. The molecule has 23 heavy (non-hydrogen) atoms. The summed E-state index contributed by atoms with van der Waals surface area (Å²) in [6, 6.07) is 0. The molecular weight excluding hydrogens is 273 g/mol. The SMILES string of the molecule is [B]C1([B])CCN(C(C)(CCCCCC)CCCCCC)C1([B])[B]. The van der Waals surface area contributed by atoms with E-state index in [0.29, 0.717) is 6.42 Å². The Morgan fingerprint density at radius 2 is 1.30 bits per heavy atom. The summed E-state index contributed by atoms with van der Waals surface area (Å²) < 4.78 is 0. The largest absolute Gasteiger partial charge is 0.310 e. The van der Waals surface area contributed by atoms with Crippen LogP contribution in [-0.4, -0.2) is 53.7 Å². The third kappa shape index (κ3) is 5.35. The molecule has 1 rings (SSSR count). The van der Waals surface area contributed by atoms with Gasteiger partial charge in [0, 0.05) is 5.54 Å². The molecule has 1 aliphatic heterocycles. The van der Waals surface area contributed by atoms with Crippen molar-refractivity contribution >= 4 is 31.4 Å². The molecule has 8 radical (unpaired) electrons. The second-order valence-corrected chi connectivity index (χ2v) is 7.89. The van der Waals surface area contributed by atoms with Gasteiger partial charge in [0.05, 0.1) is 31.4 Å². The van der Waals surface area contributed by atoms with Crippen molar-refractivity contribution < 1.29 is 0 Å². The van der Waals surface area contributed by atoms with E-state index in [4.69, 9.17) is 31.4 Å². The smallest absolute Gasteiger partial charge is 0.0812 e. The molecule has 0 aromatic rings. The molecule has 0 spiro atoms. The van der Waals surface area contributed by atoms with Gasteiger partial charge in [0.1, 0.15) is 0 Å². The van der Waals surface area contributed by atoms with Crippen LogP contribution in [0.1, 0.15) is 91.4 Å². The van der Waals surface area contributed by atoms with Gasteiger partial charge in [-0.3, -0.25) is 0 Å². The van der Waals surface area contributed by atoms with Gasteiger partial charge in [-0.1, -0.05) is 75.8 Å². The zero-order valence-corrected chi connectivity index (χ0v) is 15.7. The first-order valence-corrected chi connectivity index (χ1v) is 9.64. The van der Waals surface area contributed by atoms with Gasteiger partial charge in [-0.15, -0.1) is 0 Å². The lowest BCUT2D eigenvalue weighted by Crippen LogP contribution is -2.61. The molecule has 1 saturated heterocycles. The van der Waals surface area contributed by atoms with Crippen molar-refractivity contribution in [3.8, 4) is 0 Å². The highest BCUT2D eigenvalue weighted by Crippen LogP contribution is 2.48. The molecule has 0 aromatic carbocycles. The predicted octanol–water partition coefficient (Wildman–Crippen LogP) is 3.84. The molecule has 5 heteroatoms. The Hall–Kier alpha value is 0.220. The molecule has 0 amide bonds. The lowest BCUT2D eigenvalue weighted by Gasteiger charge is -2.52. The number of hydrogen-bond donors (Lipinski definition) is 0. The third-order valence-electron chi connectivity index (χ3n) is 5.73. The molecule has 0 aliphatic carbocycles. The lowest BCUT2D eigenvalue weighted by atomic mass is 9.34. The van der Waals surface area contributed by atoms with Gasteiger partial charge in [0.15, 0.2) is 0 Å². The molecule has 0 bridgehead atoms.